The van der Waals surface area contributed by atoms with Crippen LogP contribution in [-0.4, -0.2) is 37.0 Å². The minimum Gasteiger partial charge on any atom is -0.378 e. The normalized spacial score (nSPS) is 16.9. The first kappa shape index (κ1) is 11.2. The molecule has 0 bridgehead atoms. The van der Waals surface area contributed by atoms with E-state index < -0.39 is 0 Å². The predicted octanol–water partition coefficient (Wildman–Crippen LogP) is 2.31. The fourth-order valence-electron chi connectivity index (χ4n) is 1.58. The van der Waals surface area contributed by atoms with Gasteiger partial charge in [-0.3, -0.25) is 0 Å². The van der Waals surface area contributed by atoms with Crippen LogP contribution in [0.1, 0.15) is 20.8 Å². The number of nitrogens with zero attached hydrogens (tertiary/aromatic N) is 2. The number of hydrogen-bond donors (Lipinski definition) is 0. The third kappa shape index (κ3) is 3.44. The van der Waals surface area contributed by atoms with E-state index in [9.17, 15) is 0 Å². The molecule has 0 aromatic heterocycles. The zero-order valence-corrected chi connectivity index (χ0v) is 10.0. The Morgan fingerprint density at radius 3 is 2.36 bits per heavy atom. The first-order valence-corrected chi connectivity index (χ1v) is 5.18. The van der Waals surface area contributed by atoms with Crippen molar-refractivity contribution in [1.82, 2.24) is 9.80 Å². The van der Waals surface area contributed by atoms with Gasteiger partial charge in [0, 0.05) is 39.1 Å². The highest BCUT2D eigenvalue weighted by atomic mass is 15.1. The van der Waals surface area contributed by atoms with Crippen LogP contribution in [0.2, 0.25) is 0 Å². The average Bonchev–Trinajstić information content (AvgIpc) is 2.02. The Labute approximate surface area is 87.9 Å². The average molecular weight is 194 g/mol. The van der Waals surface area contributed by atoms with Gasteiger partial charge in [-0.1, -0.05) is 20.8 Å². The smallest absolute Gasteiger partial charge is 0.0377 e. The Hall–Kier alpha value is -0.920. The van der Waals surface area contributed by atoms with Crippen molar-refractivity contribution in [1.29, 1.82) is 0 Å². The second-order valence-electron chi connectivity index (χ2n) is 5.33. The maximum absolute atomic E-state index is 2.35. The summed E-state index contributed by atoms with van der Waals surface area (Å²) in [6, 6.07) is 0. The van der Waals surface area contributed by atoms with Gasteiger partial charge in [-0.15, -0.1) is 0 Å². The second kappa shape index (κ2) is 4.07. The van der Waals surface area contributed by atoms with Gasteiger partial charge in [0.05, 0.1) is 0 Å². The lowest BCUT2D eigenvalue weighted by molar-refractivity contribution is 0.264. The molecule has 0 radical (unpaired) electrons. The molecule has 14 heavy (non-hydrogen) atoms. The van der Waals surface area contributed by atoms with Crippen molar-refractivity contribution in [2.75, 3.05) is 27.2 Å². The van der Waals surface area contributed by atoms with Crippen LogP contribution in [0.4, 0.5) is 0 Å². The van der Waals surface area contributed by atoms with Gasteiger partial charge in [0.25, 0.3) is 0 Å². The monoisotopic (exact) mass is 194 g/mol. The SMILES string of the molecule is CN(C)C1=CCN(CC(C)(C)C)C=C1. The van der Waals surface area contributed by atoms with E-state index in [2.05, 4.69) is 63.0 Å². The van der Waals surface area contributed by atoms with Gasteiger partial charge in [-0.2, -0.15) is 0 Å². The number of hydrogen-bond acceptors (Lipinski definition) is 2. The lowest BCUT2D eigenvalue weighted by atomic mass is 9.96. The third-order valence-corrected chi connectivity index (χ3v) is 2.18. The molecule has 0 atom stereocenters. The Morgan fingerprint density at radius 2 is 2.00 bits per heavy atom. The molecule has 0 amide bonds. The minimum absolute atomic E-state index is 0.369. The Kier molecular flexibility index (Phi) is 3.25. The van der Waals surface area contributed by atoms with Crippen molar-refractivity contribution < 1.29 is 0 Å². The molecule has 1 aliphatic heterocycles. The molecule has 2 nitrogen and oxygen atoms in total. The van der Waals surface area contributed by atoms with Gasteiger partial charge in [-0.05, 0) is 17.6 Å². The maximum Gasteiger partial charge on any atom is 0.0377 e. The van der Waals surface area contributed by atoms with Crippen molar-refractivity contribution in [2.45, 2.75) is 20.8 Å². The molecule has 0 aliphatic carbocycles. The number of allylic oxidation sites excluding steroid dienone is 1. The fourth-order valence-corrected chi connectivity index (χ4v) is 1.58. The molecule has 80 valence electrons. The summed E-state index contributed by atoms with van der Waals surface area (Å²) in [6.07, 6.45) is 6.64. The Bertz CT molecular complexity index is 244. The van der Waals surface area contributed by atoms with E-state index >= 15 is 0 Å². The van der Waals surface area contributed by atoms with E-state index in [0.29, 0.717) is 5.41 Å². The van der Waals surface area contributed by atoms with Crippen LogP contribution in [0.25, 0.3) is 0 Å². The van der Waals surface area contributed by atoms with E-state index in [0.717, 1.165) is 13.1 Å². The molecule has 0 unspecified atom stereocenters. The lowest BCUT2D eigenvalue weighted by Crippen LogP contribution is -2.31. The first-order valence-electron chi connectivity index (χ1n) is 5.18. The Balaban J connectivity index is 2.49. The quantitative estimate of drug-likeness (QED) is 0.665. The van der Waals surface area contributed by atoms with Gasteiger partial charge in [0.15, 0.2) is 0 Å². The summed E-state index contributed by atoms with van der Waals surface area (Å²) in [5.74, 6) is 0. The Morgan fingerprint density at radius 1 is 1.36 bits per heavy atom. The second-order valence-corrected chi connectivity index (χ2v) is 5.33. The third-order valence-electron chi connectivity index (χ3n) is 2.18. The molecule has 0 saturated carbocycles. The van der Waals surface area contributed by atoms with Gasteiger partial charge in [0.1, 0.15) is 0 Å². The summed E-state index contributed by atoms with van der Waals surface area (Å²) in [6.45, 7) is 8.95. The molecule has 2 heteroatoms. The molecule has 1 aliphatic rings. The van der Waals surface area contributed by atoms with Gasteiger partial charge in [-0.25, -0.2) is 0 Å². The summed E-state index contributed by atoms with van der Waals surface area (Å²) in [4.78, 5) is 4.50. The highest BCUT2D eigenvalue weighted by Gasteiger charge is 2.15. The lowest BCUT2D eigenvalue weighted by Gasteiger charge is -2.31. The molecule has 0 aromatic rings. The fraction of sp³-hybridized carbons (Fsp3) is 0.667. The minimum atomic E-state index is 0.369. The van der Waals surface area contributed by atoms with Crippen molar-refractivity contribution in [2.24, 2.45) is 5.41 Å². The van der Waals surface area contributed by atoms with E-state index in [1.165, 1.54) is 5.70 Å². The standard InChI is InChI=1S/C12H22N2/c1-12(2,3)10-14-8-6-11(7-9-14)13(4)5/h6-8H,9-10H2,1-5H3. The van der Waals surface area contributed by atoms with Crippen LogP contribution < -0.4 is 0 Å². The van der Waals surface area contributed by atoms with E-state index in [4.69, 9.17) is 0 Å². The molecule has 0 N–H and O–H groups in total. The topological polar surface area (TPSA) is 6.48 Å². The van der Waals surface area contributed by atoms with Crippen LogP contribution in [0.5, 0.6) is 0 Å². The summed E-state index contributed by atoms with van der Waals surface area (Å²) in [7, 11) is 4.16. The van der Waals surface area contributed by atoms with Crippen molar-refractivity contribution in [3.63, 3.8) is 0 Å². The number of likely N-dealkylation sites (N-methyl/N-ethyl adjacent to an activating group) is 1. The van der Waals surface area contributed by atoms with Crippen molar-refractivity contribution in [3.8, 4) is 0 Å². The highest BCUT2D eigenvalue weighted by molar-refractivity contribution is 5.20. The molecule has 1 rings (SSSR count). The van der Waals surface area contributed by atoms with Gasteiger partial charge < -0.3 is 9.80 Å². The molecule has 0 saturated heterocycles. The van der Waals surface area contributed by atoms with Crippen LogP contribution >= 0.6 is 0 Å². The van der Waals surface area contributed by atoms with E-state index in [-0.39, 0.29) is 0 Å². The highest BCUT2D eigenvalue weighted by Crippen LogP contribution is 2.18. The molecule has 0 fully saturated rings. The first-order chi connectivity index (χ1) is 6.38. The van der Waals surface area contributed by atoms with Crippen LogP contribution in [0.15, 0.2) is 24.0 Å². The molecule has 1 heterocycles. The number of rotatable bonds is 2. The van der Waals surface area contributed by atoms with Gasteiger partial charge >= 0.3 is 0 Å². The van der Waals surface area contributed by atoms with Gasteiger partial charge in [0.2, 0.25) is 0 Å². The van der Waals surface area contributed by atoms with E-state index in [1.54, 1.807) is 0 Å². The summed E-state index contributed by atoms with van der Waals surface area (Å²) in [5, 5.41) is 0. The van der Waals surface area contributed by atoms with Crippen LogP contribution in [0.3, 0.4) is 0 Å². The summed E-state index contributed by atoms with van der Waals surface area (Å²) in [5.41, 5.74) is 1.67. The molecule has 0 aromatic carbocycles. The maximum atomic E-state index is 2.35. The largest absolute Gasteiger partial charge is 0.378 e. The van der Waals surface area contributed by atoms with Crippen LogP contribution in [0, 0.1) is 5.41 Å². The molecular weight excluding hydrogens is 172 g/mol. The predicted molar refractivity (Wildman–Crippen MR) is 61.9 cm³/mol. The summed E-state index contributed by atoms with van der Waals surface area (Å²) >= 11 is 0. The molecule has 0 spiro atoms. The zero-order chi connectivity index (χ0) is 10.8. The van der Waals surface area contributed by atoms with E-state index in [1.807, 2.05) is 0 Å². The molecular formula is C12H22N2. The van der Waals surface area contributed by atoms with Crippen LogP contribution in [-0.2, 0) is 0 Å². The zero-order valence-electron chi connectivity index (χ0n) is 10.0. The van der Waals surface area contributed by atoms with Crippen molar-refractivity contribution >= 4 is 0 Å². The summed E-state index contributed by atoms with van der Waals surface area (Å²) < 4.78 is 0. The van der Waals surface area contributed by atoms with Crippen molar-refractivity contribution in [3.05, 3.63) is 24.0 Å².